The van der Waals surface area contributed by atoms with E-state index < -0.39 is 0 Å². The summed E-state index contributed by atoms with van der Waals surface area (Å²) < 4.78 is 0. The standard InChI is InChI=1S/C11H13N3S/c1-8-6-14-7-10(13-11(14)15-8)9-4-2-3-5-12-9/h2-5,8,10H,6-7H2,1H3/t8-,10-/m1/s1. The molecular weight excluding hydrogens is 206 g/mol. The second-order valence-corrected chi connectivity index (χ2v) is 5.42. The van der Waals surface area contributed by atoms with Crippen LogP contribution in [-0.4, -0.2) is 33.4 Å². The molecule has 0 aromatic carbocycles. The molecule has 4 heteroatoms. The van der Waals surface area contributed by atoms with Crippen LogP contribution in [0, 0.1) is 0 Å². The molecule has 1 aromatic rings. The van der Waals surface area contributed by atoms with Crippen molar-refractivity contribution in [1.29, 1.82) is 0 Å². The van der Waals surface area contributed by atoms with Crippen molar-refractivity contribution in [1.82, 2.24) is 9.88 Å². The van der Waals surface area contributed by atoms with E-state index in [9.17, 15) is 0 Å². The second kappa shape index (κ2) is 3.52. The molecule has 15 heavy (non-hydrogen) atoms. The zero-order valence-corrected chi connectivity index (χ0v) is 9.44. The summed E-state index contributed by atoms with van der Waals surface area (Å²) in [6.45, 7) is 4.39. The SMILES string of the molecule is C[C@@H]1CN2C[C@H](c3ccccn3)N=C2S1. The molecule has 0 spiro atoms. The Balaban J connectivity index is 1.83. The molecule has 0 saturated carbocycles. The zero-order chi connectivity index (χ0) is 10.3. The quantitative estimate of drug-likeness (QED) is 0.722. The fourth-order valence-electron chi connectivity index (χ4n) is 2.06. The number of amidine groups is 1. The van der Waals surface area contributed by atoms with E-state index in [1.165, 1.54) is 5.17 Å². The van der Waals surface area contributed by atoms with Crippen molar-refractivity contribution in [3.8, 4) is 0 Å². The fourth-order valence-corrected chi connectivity index (χ4v) is 3.16. The highest BCUT2D eigenvalue weighted by atomic mass is 32.2. The minimum atomic E-state index is 0.251. The van der Waals surface area contributed by atoms with Crippen LogP contribution in [0.2, 0.25) is 0 Å². The van der Waals surface area contributed by atoms with Crippen LogP contribution in [0.25, 0.3) is 0 Å². The molecule has 3 nitrogen and oxygen atoms in total. The number of fused-ring (bicyclic) bond motifs is 1. The van der Waals surface area contributed by atoms with E-state index >= 15 is 0 Å². The Bertz CT molecular complexity index is 390. The van der Waals surface area contributed by atoms with Gasteiger partial charge in [0.15, 0.2) is 5.17 Å². The van der Waals surface area contributed by atoms with Gasteiger partial charge in [0, 0.05) is 24.5 Å². The average molecular weight is 219 g/mol. The van der Waals surface area contributed by atoms with E-state index in [0.717, 1.165) is 18.8 Å². The minimum absolute atomic E-state index is 0.251. The van der Waals surface area contributed by atoms with Crippen LogP contribution in [0.3, 0.4) is 0 Å². The van der Waals surface area contributed by atoms with Gasteiger partial charge < -0.3 is 4.90 Å². The number of aromatic nitrogens is 1. The first-order chi connectivity index (χ1) is 7.33. The maximum atomic E-state index is 4.71. The highest BCUT2D eigenvalue weighted by molar-refractivity contribution is 8.14. The molecule has 1 aromatic heterocycles. The van der Waals surface area contributed by atoms with Gasteiger partial charge in [0.2, 0.25) is 0 Å². The number of rotatable bonds is 1. The van der Waals surface area contributed by atoms with E-state index in [0.29, 0.717) is 5.25 Å². The molecule has 2 atom stereocenters. The van der Waals surface area contributed by atoms with Gasteiger partial charge in [-0.15, -0.1) is 0 Å². The normalized spacial score (nSPS) is 29.1. The maximum Gasteiger partial charge on any atom is 0.160 e. The maximum absolute atomic E-state index is 4.71. The van der Waals surface area contributed by atoms with Gasteiger partial charge in [-0.2, -0.15) is 0 Å². The summed E-state index contributed by atoms with van der Waals surface area (Å²) in [5.41, 5.74) is 1.09. The van der Waals surface area contributed by atoms with Gasteiger partial charge in [-0.05, 0) is 12.1 Å². The molecule has 3 heterocycles. The summed E-state index contributed by atoms with van der Waals surface area (Å²) in [6.07, 6.45) is 1.84. The minimum Gasteiger partial charge on any atom is -0.348 e. The number of thioether (sulfide) groups is 1. The largest absolute Gasteiger partial charge is 0.348 e. The Labute approximate surface area is 93.6 Å². The van der Waals surface area contributed by atoms with Gasteiger partial charge in [-0.3, -0.25) is 9.98 Å². The monoisotopic (exact) mass is 219 g/mol. The first kappa shape index (κ1) is 9.21. The summed E-state index contributed by atoms with van der Waals surface area (Å²) in [5.74, 6) is 0. The van der Waals surface area contributed by atoms with Gasteiger partial charge >= 0.3 is 0 Å². The van der Waals surface area contributed by atoms with Crippen LogP contribution >= 0.6 is 11.8 Å². The van der Waals surface area contributed by atoms with Crippen molar-refractivity contribution >= 4 is 16.9 Å². The Morgan fingerprint density at radius 3 is 3.07 bits per heavy atom. The van der Waals surface area contributed by atoms with Crippen molar-refractivity contribution in [3.05, 3.63) is 30.1 Å². The van der Waals surface area contributed by atoms with Crippen LogP contribution in [0.1, 0.15) is 18.7 Å². The highest BCUT2D eigenvalue weighted by Gasteiger charge is 2.34. The summed E-state index contributed by atoms with van der Waals surface area (Å²) in [5, 5.41) is 1.89. The summed E-state index contributed by atoms with van der Waals surface area (Å²) in [4.78, 5) is 11.4. The molecule has 0 bridgehead atoms. The molecule has 3 rings (SSSR count). The van der Waals surface area contributed by atoms with Gasteiger partial charge in [0.05, 0.1) is 5.69 Å². The van der Waals surface area contributed by atoms with Crippen LogP contribution in [-0.2, 0) is 0 Å². The average Bonchev–Trinajstić information content (AvgIpc) is 2.76. The van der Waals surface area contributed by atoms with Gasteiger partial charge in [0.1, 0.15) is 6.04 Å². The lowest BCUT2D eigenvalue weighted by Crippen LogP contribution is -2.23. The summed E-state index contributed by atoms with van der Waals surface area (Å²) in [6, 6.07) is 6.29. The number of pyridine rings is 1. The van der Waals surface area contributed by atoms with E-state index in [2.05, 4.69) is 22.9 Å². The van der Waals surface area contributed by atoms with Crippen molar-refractivity contribution in [2.24, 2.45) is 4.99 Å². The molecule has 1 fully saturated rings. The van der Waals surface area contributed by atoms with Crippen LogP contribution < -0.4 is 0 Å². The van der Waals surface area contributed by atoms with Crippen molar-refractivity contribution in [2.45, 2.75) is 18.2 Å². The van der Waals surface area contributed by atoms with E-state index in [1.807, 2.05) is 30.1 Å². The predicted octanol–water partition coefficient (Wildman–Crippen LogP) is 1.93. The molecule has 2 aliphatic heterocycles. The first-order valence-corrected chi connectivity index (χ1v) is 6.11. The van der Waals surface area contributed by atoms with Gasteiger partial charge in [-0.25, -0.2) is 0 Å². The third kappa shape index (κ3) is 1.63. The number of hydrogen-bond acceptors (Lipinski definition) is 4. The second-order valence-electron chi connectivity index (χ2n) is 4.02. The molecule has 2 aliphatic rings. The highest BCUT2D eigenvalue weighted by Crippen LogP contribution is 2.34. The first-order valence-electron chi connectivity index (χ1n) is 5.23. The lowest BCUT2D eigenvalue weighted by molar-refractivity contribution is 0.442. The molecule has 0 amide bonds. The number of hydrogen-bond donors (Lipinski definition) is 0. The van der Waals surface area contributed by atoms with Crippen LogP contribution in [0.15, 0.2) is 29.4 Å². The Morgan fingerprint density at radius 1 is 1.40 bits per heavy atom. The van der Waals surface area contributed by atoms with Gasteiger partial charge in [-0.1, -0.05) is 24.8 Å². The number of nitrogens with zero attached hydrogens (tertiary/aromatic N) is 3. The van der Waals surface area contributed by atoms with Crippen molar-refractivity contribution in [2.75, 3.05) is 13.1 Å². The lowest BCUT2D eigenvalue weighted by atomic mass is 10.2. The van der Waals surface area contributed by atoms with E-state index in [4.69, 9.17) is 4.99 Å². The molecule has 0 unspecified atom stereocenters. The predicted molar refractivity (Wildman–Crippen MR) is 63.0 cm³/mol. The third-order valence-corrected chi connectivity index (χ3v) is 3.87. The van der Waals surface area contributed by atoms with E-state index in [1.54, 1.807) is 0 Å². The van der Waals surface area contributed by atoms with Crippen LogP contribution in [0.5, 0.6) is 0 Å². The fraction of sp³-hybridized carbons (Fsp3) is 0.455. The summed E-state index contributed by atoms with van der Waals surface area (Å²) >= 11 is 1.88. The summed E-state index contributed by atoms with van der Waals surface area (Å²) in [7, 11) is 0. The van der Waals surface area contributed by atoms with E-state index in [-0.39, 0.29) is 6.04 Å². The Kier molecular flexibility index (Phi) is 2.16. The van der Waals surface area contributed by atoms with Crippen LogP contribution in [0.4, 0.5) is 0 Å². The Hall–Kier alpha value is -1.03. The molecule has 0 N–H and O–H groups in total. The molecule has 1 saturated heterocycles. The molecule has 78 valence electrons. The van der Waals surface area contributed by atoms with Crippen molar-refractivity contribution in [3.63, 3.8) is 0 Å². The van der Waals surface area contributed by atoms with Gasteiger partial charge in [0.25, 0.3) is 0 Å². The zero-order valence-electron chi connectivity index (χ0n) is 8.63. The van der Waals surface area contributed by atoms with Crippen molar-refractivity contribution < 1.29 is 0 Å². The Morgan fingerprint density at radius 2 is 2.33 bits per heavy atom. The lowest BCUT2D eigenvalue weighted by Gasteiger charge is -2.12. The smallest absolute Gasteiger partial charge is 0.160 e. The topological polar surface area (TPSA) is 28.5 Å². The third-order valence-electron chi connectivity index (χ3n) is 2.74. The molecule has 0 radical (unpaired) electrons. The molecular formula is C11H13N3S. The number of aliphatic imine (C=N–C) groups is 1. The molecule has 0 aliphatic carbocycles.